The number of Topliss-reactive ketones (excluding diaryl/α,β-unsaturated/α-hetero) is 2. The van der Waals surface area contributed by atoms with Crippen molar-refractivity contribution in [1.29, 1.82) is 0 Å². The summed E-state index contributed by atoms with van der Waals surface area (Å²) in [5.74, 6) is -6.97. The van der Waals surface area contributed by atoms with Crippen LogP contribution < -0.4 is 15.4 Å². The molecule has 0 saturated carbocycles. The lowest BCUT2D eigenvalue weighted by Crippen LogP contribution is -2.50. The Kier molecular flexibility index (Phi) is 9.55. The molecule has 210 valence electrons. The first-order valence-corrected chi connectivity index (χ1v) is 12.7. The van der Waals surface area contributed by atoms with Crippen molar-refractivity contribution in [3.8, 4) is 5.75 Å². The van der Waals surface area contributed by atoms with Crippen LogP contribution in [0.2, 0.25) is 0 Å². The van der Waals surface area contributed by atoms with Crippen LogP contribution in [0.15, 0.2) is 54.6 Å². The Morgan fingerprint density at radius 1 is 1.00 bits per heavy atom. The van der Waals surface area contributed by atoms with Crippen LogP contribution >= 0.6 is 0 Å². The second kappa shape index (κ2) is 12.5. The van der Waals surface area contributed by atoms with Gasteiger partial charge in [-0.15, -0.1) is 0 Å². The Labute approximate surface area is 226 Å². The number of epoxide rings is 1. The number of benzene rings is 2. The summed E-state index contributed by atoms with van der Waals surface area (Å²) in [5, 5.41) is 4.82. The Hall–Kier alpha value is -3.66. The lowest BCUT2D eigenvalue weighted by Gasteiger charge is -2.24. The number of hydrogen-bond donors (Lipinski definition) is 2. The van der Waals surface area contributed by atoms with Crippen molar-refractivity contribution in [2.45, 2.75) is 63.6 Å². The number of carbonyl (C=O) groups is 4. The monoisotopic (exact) mass is 544 g/mol. The molecule has 4 atom stereocenters. The molecule has 10 heteroatoms. The maximum absolute atomic E-state index is 13.6. The van der Waals surface area contributed by atoms with Gasteiger partial charge in [0, 0.05) is 19.3 Å². The van der Waals surface area contributed by atoms with Crippen LogP contribution in [-0.4, -0.2) is 60.7 Å². The summed E-state index contributed by atoms with van der Waals surface area (Å²) in [6.07, 6.45) is 0.0202. The number of carbonyl (C=O) groups excluding carboxylic acids is 4. The van der Waals surface area contributed by atoms with Crippen molar-refractivity contribution in [3.05, 3.63) is 65.7 Å². The fourth-order valence-electron chi connectivity index (χ4n) is 4.09. The maximum atomic E-state index is 13.6. The number of alkyl halides is 2. The highest BCUT2D eigenvalue weighted by atomic mass is 19.3. The molecule has 2 N–H and O–H groups in total. The zero-order chi connectivity index (χ0) is 28.8. The first-order valence-electron chi connectivity index (χ1n) is 12.7. The third-order valence-electron chi connectivity index (χ3n) is 6.70. The normalized spacial score (nSPS) is 18.8. The molecule has 0 spiro atoms. The van der Waals surface area contributed by atoms with E-state index in [2.05, 4.69) is 5.32 Å². The van der Waals surface area contributed by atoms with E-state index < -0.39 is 47.1 Å². The number of nitrogens with one attached hydrogen (secondary N) is 2. The molecule has 0 unspecified atom stereocenters. The van der Waals surface area contributed by atoms with Gasteiger partial charge in [0.2, 0.25) is 5.91 Å². The largest absolute Gasteiger partial charge is 0.497 e. The minimum atomic E-state index is -3.65. The number of ether oxygens (including phenoxy) is 2. The molecule has 8 nitrogen and oxygen atoms in total. The van der Waals surface area contributed by atoms with Gasteiger partial charge < -0.3 is 20.1 Å². The summed E-state index contributed by atoms with van der Waals surface area (Å²) < 4.78 is 37.2. The molecule has 39 heavy (non-hydrogen) atoms. The Morgan fingerprint density at radius 2 is 1.59 bits per heavy atom. The topological polar surface area (TPSA) is 114 Å². The van der Waals surface area contributed by atoms with Crippen LogP contribution in [0.25, 0.3) is 0 Å². The van der Waals surface area contributed by atoms with Crippen molar-refractivity contribution in [2.24, 2.45) is 5.92 Å². The molecule has 1 fully saturated rings. The highest BCUT2D eigenvalue weighted by molar-refractivity contribution is 5.98. The van der Waals surface area contributed by atoms with Gasteiger partial charge in [-0.05, 0) is 49.9 Å². The third kappa shape index (κ3) is 8.41. The molecule has 1 aliphatic rings. The van der Waals surface area contributed by atoms with E-state index in [4.69, 9.17) is 9.47 Å². The van der Waals surface area contributed by atoms with Crippen molar-refractivity contribution in [3.63, 3.8) is 0 Å². The van der Waals surface area contributed by atoms with Crippen molar-refractivity contribution >= 4 is 23.4 Å². The standard InChI is InChI=1S/C29H34F2N2O6/c1-18(32-27(37)29(3,30)31)24(34)16-21(14-20-10-12-22(38-4)13-11-20)26(36)33-23(25(35)28(2)17-39-28)15-19-8-6-5-7-9-19/h5-13,18,21,23H,14-17H2,1-4H3,(H,32,37)(H,33,36)/t18-,21+,23-,28+/m0/s1. The van der Waals surface area contributed by atoms with Gasteiger partial charge >= 0.3 is 5.92 Å². The van der Waals surface area contributed by atoms with Crippen molar-refractivity contribution in [1.82, 2.24) is 10.6 Å². The van der Waals surface area contributed by atoms with Gasteiger partial charge in [-0.3, -0.25) is 19.2 Å². The highest BCUT2D eigenvalue weighted by Gasteiger charge is 2.50. The summed E-state index contributed by atoms with van der Waals surface area (Å²) in [5.41, 5.74) is 0.571. The van der Waals surface area contributed by atoms with Gasteiger partial charge in [-0.25, -0.2) is 0 Å². The summed E-state index contributed by atoms with van der Waals surface area (Å²) in [4.78, 5) is 51.4. The number of methoxy groups -OCH3 is 1. The molecule has 2 amide bonds. The van der Waals surface area contributed by atoms with Crippen LogP contribution in [0, 0.1) is 5.92 Å². The first-order chi connectivity index (χ1) is 18.3. The van der Waals surface area contributed by atoms with Gasteiger partial charge in [0.1, 0.15) is 11.4 Å². The average Bonchev–Trinajstić information content (AvgIpc) is 3.66. The Morgan fingerprint density at radius 3 is 2.13 bits per heavy atom. The zero-order valence-electron chi connectivity index (χ0n) is 22.5. The van der Waals surface area contributed by atoms with Gasteiger partial charge in [-0.2, -0.15) is 8.78 Å². The minimum absolute atomic E-state index is 0.131. The van der Waals surface area contributed by atoms with E-state index in [-0.39, 0.29) is 31.7 Å². The highest BCUT2D eigenvalue weighted by Crippen LogP contribution is 2.29. The van der Waals surface area contributed by atoms with Crippen molar-refractivity contribution in [2.75, 3.05) is 13.7 Å². The summed E-state index contributed by atoms with van der Waals surface area (Å²) in [6.45, 7) is 3.64. The van der Waals surface area contributed by atoms with E-state index in [1.807, 2.05) is 35.6 Å². The van der Waals surface area contributed by atoms with Gasteiger partial charge in [0.15, 0.2) is 11.6 Å². The molecule has 2 aromatic rings. The summed E-state index contributed by atoms with van der Waals surface area (Å²) in [6, 6.07) is 14.0. The SMILES string of the molecule is COc1ccc(C[C@H](CC(=O)[C@H](C)NC(=O)C(C)(F)F)C(=O)N[C@@H](Cc2ccccc2)C(=O)[C@@]2(C)CO2)cc1. The lowest BCUT2D eigenvalue weighted by atomic mass is 9.89. The molecule has 1 heterocycles. The van der Waals surface area contributed by atoms with E-state index in [1.54, 1.807) is 31.2 Å². The molecule has 2 aromatic carbocycles. The molecule has 0 aromatic heterocycles. The minimum Gasteiger partial charge on any atom is -0.497 e. The number of halogens is 2. The second-order valence-electron chi connectivity index (χ2n) is 10.1. The fourth-order valence-corrected chi connectivity index (χ4v) is 4.09. The number of rotatable bonds is 14. The van der Waals surface area contributed by atoms with E-state index in [0.29, 0.717) is 12.7 Å². The van der Waals surface area contributed by atoms with Crippen LogP contribution in [0.5, 0.6) is 5.75 Å². The molecule has 0 bridgehead atoms. The average molecular weight is 545 g/mol. The van der Waals surface area contributed by atoms with Crippen LogP contribution in [0.3, 0.4) is 0 Å². The third-order valence-corrected chi connectivity index (χ3v) is 6.70. The van der Waals surface area contributed by atoms with E-state index in [9.17, 15) is 28.0 Å². The van der Waals surface area contributed by atoms with E-state index in [1.165, 1.54) is 14.0 Å². The fraction of sp³-hybridized carbons (Fsp3) is 0.448. The van der Waals surface area contributed by atoms with Gasteiger partial charge in [-0.1, -0.05) is 42.5 Å². The van der Waals surface area contributed by atoms with Crippen LogP contribution in [0.1, 0.15) is 38.3 Å². The molecular weight excluding hydrogens is 510 g/mol. The van der Waals surface area contributed by atoms with Crippen molar-refractivity contribution < 1.29 is 37.4 Å². The van der Waals surface area contributed by atoms with Crippen LogP contribution in [-0.2, 0) is 36.8 Å². The summed E-state index contributed by atoms with van der Waals surface area (Å²) in [7, 11) is 1.52. The molecule has 1 aliphatic heterocycles. The van der Waals surface area contributed by atoms with E-state index >= 15 is 0 Å². The number of hydrogen-bond acceptors (Lipinski definition) is 6. The zero-order valence-corrected chi connectivity index (χ0v) is 22.5. The number of amides is 2. The quantitative estimate of drug-likeness (QED) is 0.354. The molecule has 0 aliphatic carbocycles. The Balaban J connectivity index is 1.81. The predicted molar refractivity (Wildman–Crippen MR) is 139 cm³/mol. The van der Waals surface area contributed by atoms with Gasteiger partial charge in [0.05, 0.1) is 25.8 Å². The molecule has 3 rings (SSSR count). The second-order valence-corrected chi connectivity index (χ2v) is 10.1. The van der Waals surface area contributed by atoms with Gasteiger partial charge in [0.25, 0.3) is 5.91 Å². The predicted octanol–water partition coefficient (Wildman–Crippen LogP) is 3.06. The summed E-state index contributed by atoms with van der Waals surface area (Å²) >= 11 is 0. The lowest BCUT2D eigenvalue weighted by molar-refractivity contribution is -0.145. The first kappa shape index (κ1) is 29.9. The Bertz CT molecular complexity index is 1180. The maximum Gasteiger partial charge on any atom is 0.321 e. The molecule has 1 saturated heterocycles. The number of ketones is 2. The molecule has 0 radical (unpaired) electrons. The smallest absolute Gasteiger partial charge is 0.321 e. The molecular formula is C29H34F2N2O6. The van der Waals surface area contributed by atoms with E-state index in [0.717, 1.165) is 11.1 Å². The van der Waals surface area contributed by atoms with Crippen LogP contribution in [0.4, 0.5) is 8.78 Å².